The highest BCUT2D eigenvalue weighted by Crippen LogP contribution is 2.27. The molecule has 0 aliphatic carbocycles. The molecular formula is C13H14N2O5S. The largest absolute Gasteiger partial charge is 0.506 e. The van der Waals surface area contributed by atoms with Crippen LogP contribution in [0.3, 0.4) is 0 Å². The summed E-state index contributed by atoms with van der Waals surface area (Å²) in [6.45, 7) is 0.155. The number of amides is 1. The maximum Gasteiger partial charge on any atom is 0.291 e. The molecule has 21 heavy (non-hydrogen) atoms. The SMILES string of the molecule is CS(=O)(=O)c1ccc(O)c(NC(=O)c2ccc(CN)o2)c1. The number of phenolic OH excluding ortho intramolecular Hbond substituents is 1. The predicted molar refractivity (Wildman–Crippen MR) is 75.8 cm³/mol. The van der Waals surface area contributed by atoms with Crippen LogP contribution < -0.4 is 11.1 Å². The summed E-state index contributed by atoms with van der Waals surface area (Å²) in [5.41, 5.74) is 5.36. The molecule has 0 spiro atoms. The van der Waals surface area contributed by atoms with Crippen molar-refractivity contribution in [3.63, 3.8) is 0 Å². The van der Waals surface area contributed by atoms with Crippen molar-refractivity contribution in [1.82, 2.24) is 0 Å². The van der Waals surface area contributed by atoms with Crippen LogP contribution in [0.4, 0.5) is 5.69 Å². The number of carbonyl (C=O) groups excluding carboxylic acids is 1. The van der Waals surface area contributed by atoms with E-state index in [0.29, 0.717) is 5.76 Å². The van der Waals surface area contributed by atoms with Gasteiger partial charge in [0.2, 0.25) is 0 Å². The minimum Gasteiger partial charge on any atom is -0.506 e. The molecule has 2 aromatic rings. The molecule has 0 aliphatic heterocycles. The Morgan fingerprint density at radius 2 is 2.05 bits per heavy atom. The average Bonchev–Trinajstić information content (AvgIpc) is 2.88. The van der Waals surface area contributed by atoms with E-state index in [1.165, 1.54) is 24.3 Å². The molecule has 0 fully saturated rings. The molecule has 1 aromatic carbocycles. The Morgan fingerprint density at radius 3 is 2.62 bits per heavy atom. The number of nitrogens with two attached hydrogens (primary N) is 1. The molecular weight excluding hydrogens is 296 g/mol. The van der Waals surface area contributed by atoms with Crippen molar-refractivity contribution in [2.24, 2.45) is 5.73 Å². The van der Waals surface area contributed by atoms with Crippen LogP contribution in [0.25, 0.3) is 0 Å². The Kier molecular flexibility index (Phi) is 4.01. The monoisotopic (exact) mass is 310 g/mol. The van der Waals surface area contributed by atoms with Gasteiger partial charge in [0.15, 0.2) is 15.6 Å². The van der Waals surface area contributed by atoms with Crippen molar-refractivity contribution in [3.8, 4) is 5.75 Å². The molecule has 0 radical (unpaired) electrons. The number of sulfone groups is 1. The number of rotatable bonds is 4. The number of hydrogen-bond donors (Lipinski definition) is 3. The van der Waals surface area contributed by atoms with Gasteiger partial charge in [-0.15, -0.1) is 0 Å². The van der Waals surface area contributed by atoms with E-state index >= 15 is 0 Å². The molecule has 0 unspecified atom stereocenters. The molecule has 0 bridgehead atoms. The predicted octanol–water partition coefficient (Wildman–Crippen LogP) is 1.10. The average molecular weight is 310 g/mol. The number of furan rings is 1. The highest BCUT2D eigenvalue weighted by atomic mass is 32.2. The van der Waals surface area contributed by atoms with Crippen LogP contribution in [0.5, 0.6) is 5.75 Å². The van der Waals surface area contributed by atoms with Crippen LogP contribution in [-0.4, -0.2) is 25.7 Å². The van der Waals surface area contributed by atoms with Crippen LogP contribution in [0.1, 0.15) is 16.3 Å². The topological polar surface area (TPSA) is 123 Å². The molecule has 1 aromatic heterocycles. The van der Waals surface area contributed by atoms with Gasteiger partial charge in [0.05, 0.1) is 17.1 Å². The number of aromatic hydroxyl groups is 1. The molecule has 0 saturated heterocycles. The lowest BCUT2D eigenvalue weighted by Gasteiger charge is -2.07. The smallest absolute Gasteiger partial charge is 0.291 e. The first-order valence-corrected chi connectivity index (χ1v) is 7.83. The van der Waals surface area contributed by atoms with Crippen molar-refractivity contribution >= 4 is 21.4 Å². The summed E-state index contributed by atoms with van der Waals surface area (Å²) < 4.78 is 28.1. The first kappa shape index (κ1) is 15.1. The van der Waals surface area contributed by atoms with Gasteiger partial charge in [0.25, 0.3) is 5.91 Å². The number of anilines is 1. The van der Waals surface area contributed by atoms with Gasteiger partial charge in [-0.3, -0.25) is 4.79 Å². The molecule has 4 N–H and O–H groups in total. The summed E-state index contributed by atoms with van der Waals surface area (Å²) >= 11 is 0. The lowest BCUT2D eigenvalue weighted by atomic mass is 10.3. The highest BCUT2D eigenvalue weighted by molar-refractivity contribution is 7.90. The summed E-state index contributed by atoms with van der Waals surface area (Å²) in [7, 11) is -3.44. The van der Waals surface area contributed by atoms with Gasteiger partial charge in [-0.2, -0.15) is 0 Å². The summed E-state index contributed by atoms with van der Waals surface area (Å²) in [5.74, 6) is -0.411. The molecule has 0 saturated carbocycles. The van der Waals surface area contributed by atoms with Crippen LogP contribution in [0.2, 0.25) is 0 Å². The van der Waals surface area contributed by atoms with E-state index in [1.54, 1.807) is 6.07 Å². The second-order valence-corrected chi connectivity index (χ2v) is 6.39. The molecule has 112 valence electrons. The zero-order chi connectivity index (χ0) is 15.6. The third-order valence-electron chi connectivity index (χ3n) is 2.73. The number of phenols is 1. The molecule has 0 atom stereocenters. The number of benzene rings is 1. The standard InChI is InChI=1S/C13H14N2O5S/c1-21(18,19)9-3-4-11(16)10(6-9)15-13(17)12-5-2-8(7-14)20-12/h2-6,16H,7,14H2,1H3,(H,15,17). The van der Waals surface area contributed by atoms with Gasteiger partial charge < -0.3 is 20.6 Å². The van der Waals surface area contributed by atoms with Gasteiger partial charge >= 0.3 is 0 Å². The fourth-order valence-corrected chi connectivity index (χ4v) is 2.29. The van der Waals surface area contributed by atoms with Crippen molar-refractivity contribution in [3.05, 3.63) is 41.9 Å². The summed E-state index contributed by atoms with van der Waals surface area (Å²) in [4.78, 5) is 11.9. The fourth-order valence-electron chi connectivity index (χ4n) is 1.64. The third kappa shape index (κ3) is 3.41. The van der Waals surface area contributed by atoms with Crippen LogP contribution >= 0.6 is 0 Å². The zero-order valence-electron chi connectivity index (χ0n) is 11.2. The van der Waals surface area contributed by atoms with Gasteiger partial charge in [-0.05, 0) is 30.3 Å². The van der Waals surface area contributed by atoms with Crippen molar-refractivity contribution in [2.75, 3.05) is 11.6 Å². The summed E-state index contributed by atoms with van der Waals surface area (Å²) in [6, 6.07) is 6.62. The fraction of sp³-hybridized carbons (Fsp3) is 0.154. The maximum absolute atomic E-state index is 12.0. The summed E-state index contributed by atoms with van der Waals surface area (Å²) in [6.07, 6.45) is 1.03. The van der Waals surface area contributed by atoms with E-state index in [0.717, 1.165) is 6.26 Å². The Bertz CT molecular complexity index is 780. The van der Waals surface area contributed by atoms with Crippen LogP contribution in [0.15, 0.2) is 39.6 Å². The second kappa shape index (κ2) is 5.58. The van der Waals surface area contributed by atoms with E-state index in [2.05, 4.69) is 5.32 Å². The lowest BCUT2D eigenvalue weighted by molar-refractivity contribution is 0.0994. The van der Waals surface area contributed by atoms with Crippen LogP contribution in [-0.2, 0) is 16.4 Å². The first-order chi connectivity index (χ1) is 9.81. The molecule has 8 heteroatoms. The molecule has 1 heterocycles. The molecule has 1 amide bonds. The quantitative estimate of drug-likeness (QED) is 0.727. The molecule has 2 rings (SSSR count). The van der Waals surface area contributed by atoms with Gasteiger partial charge in [-0.25, -0.2) is 8.42 Å². The number of carbonyl (C=O) groups is 1. The second-order valence-electron chi connectivity index (χ2n) is 4.38. The summed E-state index contributed by atoms with van der Waals surface area (Å²) in [5, 5.41) is 12.1. The first-order valence-electron chi connectivity index (χ1n) is 5.94. The minimum absolute atomic E-state index is 0.0135. The third-order valence-corrected chi connectivity index (χ3v) is 3.84. The molecule has 0 aliphatic rings. The number of hydrogen-bond acceptors (Lipinski definition) is 6. The maximum atomic E-state index is 12.0. The minimum atomic E-state index is -3.44. The highest BCUT2D eigenvalue weighted by Gasteiger charge is 2.15. The number of nitrogens with one attached hydrogen (secondary N) is 1. The Labute approximate surface area is 121 Å². The van der Waals surface area contributed by atoms with Crippen molar-refractivity contribution in [2.45, 2.75) is 11.4 Å². The lowest BCUT2D eigenvalue weighted by Crippen LogP contribution is -2.11. The van der Waals surface area contributed by atoms with E-state index in [4.69, 9.17) is 10.2 Å². The van der Waals surface area contributed by atoms with E-state index in [1.807, 2.05) is 0 Å². The Hall–Kier alpha value is -2.32. The van der Waals surface area contributed by atoms with Gasteiger partial charge in [0, 0.05) is 6.26 Å². The van der Waals surface area contributed by atoms with E-state index < -0.39 is 15.7 Å². The van der Waals surface area contributed by atoms with Gasteiger partial charge in [0.1, 0.15) is 11.5 Å². The van der Waals surface area contributed by atoms with E-state index in [-0.39, 0.29) is 28.6 Å². The van der Waals surface area contributed by atoms with Crippen molar-refractivity contribution in [1.29, 1.82) is 0 Å². The van der Waals surface area contributed by atoms with E-state index in [9.17, 15) is 18.3 Å². The Morgan fingerprint density at radius 1 is 1.33 bits per heavy atom. The Balaban J connectivity index is 2.28. The van der Waals surface area contributed by atoms with Crippen LogP contribution in [0, 0.1) is 0 Å². The zero-order valence-corrected chi connectivity index (χ0v) is 12.0. The van der Waals surface area contributed by atoms with Gasteiger partial charge in [-0.1, -0.05) is 0 Å². The van der Waals surface area contributed by atoms with Crippen molar-refractivity contribution < 1.29 is 22.7 Å². The molecule has 7 nitrogen and oxygen atoms in total. The normalized spacial score (nSPS) is 11.3.